The van der Waals surface area contributed by atoms with Crippen LogP contribution in [-0.2, 0) is 16.4 Å². The van der Waals surface area contributed by atoms with Gasteiger partial charge < -0.3 is 5.32 Å². The third-order valence-corrected chi connectivity index (χ3v) is 6.30. The van der Waals surface area contributed by atoms with Gasteiger partial charge in [-0.1, -0.05) is 32.0 Å². The van der Waals surface area contributed by atoms with Crippen molar-refractivity contribution in [3.8, 4) is 5.69 Å². The smallest absolute Gasteiger partial charge is 0.150 e. The van der Waals surface area contributed by atoms with Gasteiger partial charge in [-0.15, -0.1) is 12.4 Å². The normalized spacial score (nSPS) is 19.1. The average Bonchev–Trinajstić information content (AvgIpc) is 3.12. The van der Waals surface area contributed by atoms with Crippen molar-refractivity contribution in [1.82, 2.24) is 15.1 Å². The number of aromatic nitrogens is 2. The van der Waals surface area contributed by atoms with Crippen molar-refractivity contribution in [1.29, 1.82) is 0 Å². The predicted octanol–water partition coefficient (Wildman–Crippen LogP) is 2.94. The Hall–Kier alpha value is -1.37. The van der Waals surface area contributed by atoms with Crippen LogP contribution in [0.15, 0.2) is 36.5 Å². The molecule has 0 radical (unpaired) electrons. The van der Waals surface area contributed by atoms with Crippen LogP contribution in [0.1, 0.15) is 37.4 Å². The number of halogens is 1. The van der Waals surface area contributed by atoms with Crippen LogP contribution < -0.4 is 5.32 Å². The van der Waals surface area contributed by atoms with Crippen molar-refractivity contribution >= 4 is 22.2 Å². The molecule has 7 heteroatoms. The molecule has 2 heterocycles. The summed E-state index contributed by atoms with van der Waals surface area (Å²) in [6, 6.07) is 10.1. The van der Waals surface area contributed by atoms with Gasteiger partial charge in [-0.05, 0) is 36.9 Å². The molecule has 3 rings (SSSR count). The van der Waals surface area contributed by atoms with E-state index in [1.807, 2.05) is 35.0 Å². The number of nitrogens with zero attached hydrogens (tertiary/aromatic N) is 2. The van der Waals surface area contributed by atoms with Gasteiger partial charge in [-0.25, -0.2) is 13.1 Å². The summed E-state index contributed by atoms with van der Waals surface area (Å²) >= 11 is 0. The molecule has 1 atom stereocenters. The summed E-state index contributed by atoms with van der Waals surface area (Å²) in [4.78, 5) is 0. The van der Waals surface area contributed by atoms with E-state index in [0.29, 0.717) is 17.4 Å². The van der Waals surface area contributed by atoms with Crippen molar-refractivity contribution in [3.05, 3.63) is 47.8 Å². The van der Waals surface area contributed by atoms with Gasteiger partial charge in [-0.3, -0.25) is 0 Å². The summed E-state index contributed by atoms with van der Waals surface area (Å²) in [5, 5.41) is 8.16. The molecule has 1 unspecified atom stereocenters. The highest BCUT2D eigenvalue weighted by Gasteiger charge is 2.27. The molecule has 1 fully saturated rings. The number of sulfone groups is 1. The fourth-order valence-electron chi connectivity index (χ4n) is 3.20. The Kier molecular flexibility index (Phi) is 6.65. The number of para-hydroxylation sites is 1. The Labute approximate surface area is 156 Å². The van der Waals surface area contributed by atoms with Gasteiger partial charge in [0.1, 0.15) is 0 Å². The van der Waals surface area contributed by atoms with E-state index in [0.717, 1.165) is 30.9 Å². The second-order valence-corrected chi connectivity index (χ2v) is 9.10. The van der Waals surface area contributed by atoms with Crippen molar-refractivity contribution in [2.75, 3.05) is 18.1 Å². The Morgan fingerprint density at radius 2 is 2.00 bits per heavy atom. The topological polar surface area (TPSA) is 64.0 Å². The molecular weight excluding hydrogens is 358 g/mol. The Morgan fingerprint density at radius 1 is 1.28 bits per heavy atom. The number of nitrogens with one attached hydrogen (secondary N) is 1. The third-order valence-electron chi connectivity index (χ3n) is 4.47. The van der Waals surface area contributed by atoms with E-state index in [2.05, 4.69) is 25.4 Å². The zero-order chi connectivity index (χ0) is 17.2. The summed E-state index contributed by atoms with van der Waals surface area (Å²) in [6.45, 7) is 5.75. The van der Waals surface area contributed by atoms with Gasteiger partial charge in [0.25, 0.3) is 0 Å². The lowest BCUT2D eigenvalue weighted by atomic mass is 10.1. The van der Waals surface area contributed by atoms with Gasteiger partial charge >= 0.3 is 0 Å². The maximum absolute atomic E-state index is 11.5. The standard InChI is InChI=1S/C18H25N3O2S.ClH/c1-14(2)18-16(11-19-10-15-8-9-24(22,23)13-15)12-21(20-18)17-6-4-3-5-7-17;/h3-7,12,14-15,19H,8-11,13H2,1-2H3;1H. The highest BCUT2D eigenvalue weighted by Crippen LogP contribution is 2.21. The van der Waals surface area contributed by atoms with Crippen LogP contribution in [0.5, 0.6) is 0 Å². The number of rotatable bonds is 6. The minimum absolute atomic E-state index is 0. The first kappa shape index (κ1) is 19.9. The molecule has 0 bridgehead atoms. The van der Waals surface area contributed by atoms with Crippen LogP contribution in [-0.4, -0.2) is 36.2 Å². The summed E-state index contributed by atoms with van der Waals surface area (Å²) < 4.78 is 25.0. The maximum Gasteiger partial charge on any atom is 0.150 e. The van der Waals surface area contributed by atoms with Crippen molar-refractivity contribution in [3.63, 3.8) is 0 Å². The van der Waals surface area contributed by atoms with E-state index < -0.39 is 9.84 Å². The van der Waals surface area contributed by atoms with Crippen molar-refractivity contribution < 1.29 is 8.42 Å². The fourth-order valence-corrected chi connectivity index (χ4v) is 5.06. The zero-order valence-corrected chi connectivity index (χ0v) is 16.3. The van der Waals surface area contributed by atoms with Gasteiger partial charge in [0.05, 0.1) is 22.9 Å². The quantitative estimate of drug-likeness (QED) is 0.832. The van der Waals surface area contributed by atoms with E-state index in [-0.39, 0.29) is 18.3 Å². The summed E-state index contributed by atoms with van der Waals surface area (Å²) in [5.41, 5.74) is 3.31. The van der Waals surface area contributed by atoms with E-state index in [9.17, 15) is 8.42 Å². The molecule has 1 aromatic carbocycles. The average molecular weight is 384 g/mol. The molecule has 1 saturated heterocycles. The first-order valence-corrected chi connectivity index (χ1v) is 10.3. The molecule has 1 aromatic heterocycles. The lowest BCUT2D eigenvalue weighted by Gasteiger charge is -2.10. The predicted molar refractivity (Wildman–Crippen MR) is 103 cm³/mol. The molecule has 0 saturated carbocycles. The molecule has 138 valence electrons. The molecule has 5 nitrogen and oxygen atoms in total. The SMILES string of the molecule is CC(C)c1nn(-c2ccccc2)cc1CNCC1CCS(=O)(=O)C1.Cl. The van der Waals surface area contributed by atoms with E-state index in [1.165, 1.54) is 5.56 Å². The van der Waals surface area contributed by atoms with E-state index in [1.54, 1.807) is 0 Å². The maximum atomic E-state index is 11.5. The molecule has 25 heavy (non-hydrogen) atoms. The monoisotopic (exact) mass is 383 g/mol. The largest absolute Gasteiger partial charge is 0.312 e. The van der Waals surface area contributed by atoms with Gasteiger partial charge in [0.2, 0.25) is 0 Å². The Morgan fingerprint density at radius 3 is 2.60 bits per heavy atom. The van der Waals surface area contributed by atoms with Crippen LogP contribution in [0.4, 0.5) is 0 Å². The van der Waals surface area contributed by atoms with E-state index >= 15 is 0 Å². The first-order valence-electron chi connectivity index (χ1n) is 8.49. The van der Waals surface area contributed by atoms with Gasteiger partial charge in [-0.2, -0.15) is 5.10 Å². The Balaban J connectivity index is 0.00000225. The van der Waals surface area contributed by atoms with Crippen molar-refractivity contribution in [2.24, 2.45) is 5.92 Å². The molecule has 0 spiro atoms. The molecule has 0 aliphatic carbocycles. The summed E-state index contributed by atoms with van der Waals surface area (Å²) in [6.07, 6.45) is 2.85. The van der Waals surface area contributed by atoms with Crippen LogP contribution in [0.25, 0.3) is 5.69 Å². The van der Waals surface area contributed by atoms with E-state index in [4.69, 9.17) is 5.10 Å². The minimum atomic E-state index is -2.80. The van der Waals surface area contributed by atoms with Gasteiger partial charge in [0, 0.05) is 18.3 Å². The summed E-state index contributed by atoms with van der Waals surface area (Å²) in [7, 11) is -2.80. The molecule has 1 aliphatic heterocycles. The highest BCUT2D eigenvalue weighted by atomic mass is 35.5. The minimum Gasteiger partial charge on any atom is -0.312 e. The molecular formula is C18H26ClN3O2S. The second kappa shape index (κ2) is 8.34. The molecule has 1 aliphatic rings. The second-order valence-electron chi connectivity index (χ2n) is 6.87. The van der Waals surface area contributed by atoms with Gasteiger partial charge in [0.15, 0.2) is 9.84 Å². The molecule has 1 N–H and O–H groups in total. The molecule has 2 aromatic rings. The lowest BCUT2D eigenvalue weighted by Crippen LogP contribution is -2.23. The highest BCUT2D eigenvalue weighted by molar-refractivity contribution is 7.91. The van der Waals surface area contributed by atoms with Crippen LogP contribution >= 0.6 is 12.4 Å². The van der Waals surface area contributed by atoms with Crippen molar-refractivity contribution in [2.45, 2.75) is 32.7 Å². The Bertz CT molecular complexity index is 788. The number of hydrogen-bond acceptors (Lipinski definition) is 4. The van der Waals surface area contributed by atoms with Crippen LogP contribution in [0, 0.1) is 5.92 Å². The summed E-state index contributed by atoms with van der Waals surface area (Å²) in [5.74, 6) is 1.24. The lowest BCUT2D eigenvalue weighted by molar-refractivity contribution is 0.519. The van der Waals surface area contributed by atoms with Crippen LogP contribution in [0.2, 0.25) is 0 Å². The fraction of sp³-hybridized carbons (Fsp3) is 0.500. The zero-order valence-electron chi connectivity index (χ0n) is 14.7. The number of benzene rings is 1. The molecule has 0 amide bonds. The first-order chi connectivity index (χ1) is 11.4. The van der Waals surface area contributed by atoms with Crippen LogP contribution in [0.3, 0.4) is 0 Å². The number of hydrogen-bond donors (Lipinski definition) is 1. The third kappa shape index (κ3) is 5.06.